The number of nitrogens with zero attached hydrogens (tertiary/aromatic N) is 1. The maximum Gasteiger partial charge on any atom is 0.149 e. The lowest BCUT2D eigenvalue weighted by Crippen LogP contribution is -2.38. The van der Waals surface area contributed by atoms with Crippen molar-refractivity contribution >= 4 is 0 Å². The van der Waals surface area contributed by atoms with E-state index in [4.69, 9.17) is 8.48 Å². The summed E-state index contributed by atoms with van der Waals surface area (Å²) in [5, 5.41) is 10.8. The van der Waals surface area contributed by atoms with Gasteiger partial charge in [-0.25, -0.2) is 13.8 Å². The minimum absolute atomic E-state index is 0.0202. The summed E-state index contributed by atoms with van der Waals surface area (Å²) in [6.45, 7) is -2.42. The maximum absolute atomic E-state index is 14.1. The Labute approximate surface area is 124 Å². The van der Waals surface area contributed by atoms with Gasteiger partial charge in [-0.05, 0) is 55.2 Å². The van der Waals surface area contributed by atoms with Crippen molar-refractivity contribution in [2.45, 2.75) is 18.4 Å². The molecular formula is C16H16F2N2O. The first-order valence-electron chi connectivity index (χ1n) is 7.67. The first kappa shape index (κ1) is 11.8. The van der Waals surface area contributed by atoms with Gasteiger partial charge in [-0.1, -0.05) is 0 Å². The second-order valence-electron chi connectivity index (χ2n) is 5.22. The molecule has 21 heavy (non-hydrogen) atoms. The highest BCUT2D eigenvalue weighted by Gasteiger charge is 2.45. The number of nitrogens with two attached hydrogens (primary N) is 1. The molecule has 0 spiro atoms. The Morgan fingerprint density at radius 2 is 1.90 bits per heavy atom. The average Bonchev–Trinajstić information content (AvgIpc) is 3.32. The van der Waals surface area contributed by atoms with E-state index in [-0.39, 0.29) is 17.3 Å². The number of hydrogen-bond acceptors (Lipinski definition) is 3. The van der Waals surface area contributed by atoms with Crippen molar-refractivity contribution in [1.29, 1.82) is 0 Å². The standard InChI is InChI=1S/C16H16F2N2O/c17-12-5-1-10(2-6-12)15-13(18)7-8-14(20-15)16(21,9-19)11-3-4-11/h1-2,5-8,11,21H,3-4,9,19H2/i9D2. The Morgan fingerprint density at radius 1 is 1.24 bits per heavy atom. The van der Waals surface area contributed by atoms with Crippen LogP contribution in [0, 0.1) is 17.6 Å². The zero-order valence-electron chi connectivity index (χ0n) is 13.2. The molecule has 3 nitrogen and oxygen atoms in total. The van der Waals surface area contributed by atoms with Crippen molar-refractivity contribution in [1.82, 2.24) is 4.98 Å². The Bertz CT molecular complexity index is 730. The highest BCUT2D eigenvalue weighted by Crippen LogP contribution is 2.45. The number of benzene rings is 1. The van der Waals surface area contributed by atoms with E-state index in [2.05, 4.69) is 4.98 Å². The molecule has 0 bridgehead atoms. The molecule has 1 aromatic heterocycles. The highest BCUT2D eigenvalue weighted by molar-refractivity contribution is 5.60. The van der Waals surface area contributed by atoms with Gasteiger partial charge in [0, 0.05) is 14.8 Å². The third kappa shape index (κ3) is 2.54. The van der Waals surface area contributed by atoms with Gasteiger partial charge in [-0.3, -0.25) is 0 Å². The lowest BCUT2D eigenvalue weighted by atomic mass is 9.92. The monoisotopic (exact) mass is 292 g/mol. The van der Waals surface area contributed by atoms with Gasteiger partial charge in [0.2, 0.25) is 0 Å². The number of hydrogen-bond donors (Lipinski definition) is 2. The summed E-state index contributed by atoms with van der Waals surface area (Å²) < 4.78 is 42.6. The molecule has 1 aliphatic rings. The van der Waals surface area contributed by atoms with Crippen molar-refractivity contribution in [3.05, 3.63) is 53.7 Å². The van der Waals surface area contributed by atoms with Gasteiger partial charge in [-0.2, -0.15) is 0 Å². The van der Waals surface area contributed by atoms with Gasteiger partial charge in [-0.15, -0.1) is 0 Å². The summed E-state index contributed by atoms with van der Waals surface area (Å²) in [4.78, 5) is 4.10. The molecule has 1 aliphatic carbocycles. The Kier molecular flexibility index (Phi) is 2.89. The van der Waals surface area contributed by atoms with Gasteiger partial charge < -0.3 is 10.8 Å². The van der Waals surface area contributed by atoms with Gasteiger partial charge in [0.05, 0.1) is 5.69 Å². The van der Waals surface area contributed by atoms with Crippen LogP contribution in [-0.4, -0.2) is 16.6 Å². The predicted molar refractivity (Wildman–Crippen MR) is 75.3 cm³/mol. The van der Waals surface area contributed by atoms with Crippen molar-refractivity contribution in [3.8, 4) is 11.3 Å². The maximum atomic E-state index is 14.1. The SMILES string of the molecule is [2H]C([2H])(N)C(O)(c1ccc(F)c(-c2ccc(F)cc2)n1)C1CC1. The molecule has 1 aromatic carbocycles. The van der Waals surface area contributed by atoms with Gasteiger partial charge in [0.25, 0.3) is 0 Å². The van der Waals surface area contributed by atoms with E-state index in [9.17, 15) is 13.9 Å². The van der Waals surface area contributed by atoms with Crippen LogP contribution in [0.2, 0.25) is 0 Å². The Hall–Kier alpha value is -1.85. The summed E-state index contributed by atoms with van der Waals surface area (Å²) in [7, 11) is 0. The molecule has 1 atom stereocenters. The zero-order valence-corrected chi connectivity index (χ0v) is 11.2. The summed E-state index contributed by atoms with van der Waals surface area (Å²) in [5.74, 6) is -1.46. The molecule has 1 heterocycles. The van der Waals surface area contributed by atoms with Crippen molar-refractivity contribution in [3.63, 3.8) is 0 Å². The number of aromatic nitrogens is 1. The van der Waals surface area contributed by atoms with E-state index in [1.807, 2.05) is 0 Å². The molecule has 5 heteroatoms. The molecular weight excluding hydrogens is 274 g/mol. The fourth-order valence-corrected chi connectivity index (χ4v) is 2.37. The minimum atomic E-state index is -2.42. The van der Waals surface area contributed by atoms with Crippen LogP contribution in [-0.2, 0) is 5.60 Å². The molecule has 3 N–H and O–H groups in total. The molecule has 1 saturated carbocycles. The molecule has 0 aliphatic heterocycles. The fourth-order valence-electron chi connectivity index (χ4n) is 2.37. The first-order chi connectivity index (χ1) is 10.7. The molecule has 0 saturated heterocycles. The van der Waals surface area contributed by atoms with Crippen LogP contribution >= 0.6 is 0 Å². The van der Waals surface area contributed by atoms with Crippen molar-refractivity contribution in [2.24, 2.45) is 11.7 Å². The summed E-state index contributed by atoms with van der Waals surface area (Å²) in [6, 6.07) is 7.46. The molecule has 3 rings (SSSR count). The van der Waals surface area contributed by atoms with Crippen LogP contribution in [0.5, 0.6) is 0 Å². The normalized spacial score (nSPS) is 19.6. The van der Waals surface area contributed by atoms with Crippen LogP contribution in [0.3, 0.4) is 0 Å². The van der Waals surface area contributed by atoms with Crippen LogP contribution in [0.15, 0.2) is 36.4 Å². The molecule has 1 fully saturated rings. The van der Waals surface area contributed by atoms with Crippen LogP contribution in [0.1, 0.15) is 21.3 Å². The summed E-state index contributed by atoms with van der Waals surface area (Å²) >= 11 is 0. The van der Waals surface area contributed by atoms with Gasteiger partial charge in [0.1, 0.15) is 22.9 Å². The second kappa shape index (κ2) is 5.16. The van der Waals surface area contributed by atoms with E-state index in [0.29, 0.717) is 18.4 Å². The van der Waals surface area contributed by atoms with Crippen molar-refractivity contribution in [2.75, 3.05) is 6.50 Å². The largest absolute Gasteiger partial charge is 0.382 e. The minimum Gasteiger partial charge on any atom is -0.382 e. The lowest BCUT2D eigenvalue weighted by Gasteiger charge is -2.26. The van der Waals surface area contributed by atoms with Crippen LogP contribution < -0.4 is 5.73 Å². The van der Waals surface area contributed by atoms with E-state index < -0.39 is 23.7 Å². The molecule has 2 aromatic rings. The first-order valence-corrected chi connectivity index (χ1v) is 6.67. The average molecular weight is 292 g/mol. The molecule has 1 unspecified atom stereocenters. The van der Waals surface area contributed by atoms with E-state index >= 15 is 0 Å². The Balaban J connectivity index is 2.11. The van der Waals surface area contributed by atoms with Gasteiger partial charge >= 0.3 is 0 Å². The molecule has 0 amide bonds. The summed E-state index contributed by atoms with van der Waals surface area (Å²) in [5.41, 5.74) is 3.78. The number of rotatable bonds is 4. The molecule has 0 radical (unpaired) electrons. The smallest absolute Gasteiger partial charge is 0.149 e. The van der Waals surface area contributed by atoms with Gasteiger partial charge in [0.15, 0.2) is 0 Å². The second-order valence-corrected chi connectivity index (χ2v) is 5.22. The number of pyridine rings is 1. The van der Waals surface area contributed by atoms with Crippen LogP contribution in [0.25, 0.3) is 11.3 Å². The third-order valence-electron chi connectivity index (χ3n) is 3.74. The highest BCUT2D eigenvalue weighted by atomic mass is 19.1. The predicted octanol–water partition coefficient (Wildman–Crippen LogP) is 2.58. The van der Waals surface area contributed by atoms with Crippen molar-refractivity contribution < 1.29 is 16.6 Å². The number of aliphatic hydroxyl groups is 1. The third-order valence-corrected chi connectivity index (χ3v) is 3.74. The zero-order chi connectivity index (χ0) is 16.8. The van der Waals surface area contributed by atoms with Crippen LogP contribution in [0.4, 0.5) is 8.78 Å². The fraction of sp³-hybridized carbons (Fsp3) is 0.312. The lowest BCUT2D eigenvalue weighted by molar-refractivity contribution is 0.0179. The quantitative estimate of drug-likeness (QED) is 0.910. The number of halogens is 2. The summed E-state index contributed by atoms with van der Waals surface area (Å²) in [6.07, 6.45) is 1.25. The van der Waals surface area contributed by atoms with E-state index in [1.54, 1.807) is 0 Å². The van der Waals surface area contributed by atoms with E-state index in [1.165, 1.54) is 30.3 Å². The Morgan fingerprint density at radius 3 is 2.48 bits per heavy atom. The topological polar surface area (TPSA) is 59.1 Å². The van der Waals surface area contributed by atoms with E-state index in [0.717, 1.165) is 6.07 Å². The molecule has 110 valence electrons.